The molecule has 4 rings (SSSR count). The smallest absolute Gasteiger partial charge is 0.457 e. The summed E-state index contributed by atoms with van der Waals surface area (Å²) in [6, 6.07) is 30.2. The summed E-state index contributed by atoms with van der Waals surface area (Å²) >= 11 is 0. The normalized spacial score (nSPS) is 11.6. The highest BCUT2D eigenvalue weighted by Gasteiger charge is 2.15. The van der Waals surface area contributed by atoms with E-state index in [9.17, 15) is 0 Å². The summed E-state index contributed by atoms with van der Waals surface area (Å²) < 4.78 is 15.7. The maximum atomic E-state index is 8.88. The van der Waals surface area contributed by atoms with Crippen molar-refractivity contribution < 1.29 is 24.0 Å². The molecule has 0 bridgehead atoms. The summed E-state index contributed by atoms with van der Waals surface area (Å²) in [7, 11) is -4.64. The minimum atomic E-state index is -4.64. The molecule has 5 nitrogen and oxygen atoms in total. The van der Waals surface area contributed by atoms with Crippen LogP contribution in [0.2, 0.25) is 0 Å². The maximum Gasteiger partial charge on any atom is 0.466 e. The van der Waals surface area contributed by atoms with Crippen LogP contribution < -0.4 is 4.74 Å². The molecule has 304 valence electrons. The van der Waals surface area contributed by atoms with Crippen LogP contribution in [0.5, 0.6) is 11.5 Å². The molecule has 6 heteroatoms. The van der Waals surface area contributed by atoms with Gasteiger partial charge in [-0.1, -0.05) is 161 Å². The number of unbranched alkanes of at least 4 members (excludes halogenated alkanes) is 14. The van der Waals surface area contributed by atoms with Crippen molar-refractivity contribution >= 4 is 20.0 Å². The lowest BCUT2D eigenvalue weighted by Gasteiger charge is -2.19. The van der Waals surface area contributed by atoms with Gasteiger partial charge in [0.1, 0.15) is 11.5 Å². The molecular weight excluding hydrogens is 712 g/mol. The molecule has 0 aromatic heterocycles. The Bertz CT molecular complexity index is 1650. The zero-order chi connectivity index (χ0) is 40.4. The molecule has 0 unspecified atom stereocenters. The first-order valence-corrected chi connectivity index (χ1v) is 22.7. The lowest BCUT2D eigenvalue weighted by Crippen LogP contribution is -2.02. The Hall–Kier alpha value is -3.73. The van der Waals surface area contributed by atoms with Crippen molar-refractivity contribution in [2.75, 3.05) is 0 Å². The van der Waals surface area contributed by atoms with E-state index in [-0.39, 0.29) is 0 Å². The van der Waals surface area contributed by atoms with Crippen LogP contribution in [0.4, 0.5) is 0 Å². The number of hydrogen-bond acceptors (Lipinski definition) is 2. The summed E-state index contributed by atoms with van der Waals surface area (Å²) in [6.45, 7) is 9.05. The van der Waals surface area contributed by atoms with Crippen LogP contribution in [-0.2, 0) is 17.4 Å². The predicted molar refractivity (Wildman–Crippen MR) is 238 cm³/mol. The number of aryl methyl sites for hydroxylation is 2. The SMILES string of the molecule is Cc1ccc(Oc2ccc(C)c(C)c2CCCCCCCCCC=Cc2ccccc2)c(CCCCCCCCCC=Cc2ccccc2)c1C.O=P(O)(O)O. The van der Waals surface area contributed by atoms with E-state index in [2.05, 4.69) is 137 Å². The van der Waals surface area contributed by atoms with Crippen LogP contribution in [0.1, 0.15) is 147 Å². The topological polar surface area (TPSA) is 87.0 Å². The average molecular weight is 781 g/mol. The quantitative estimate of drug-likeness (QED) is 0.0487. The van der Waals surface area contributed by atoms with Gasteiger partial charge in [-0.25, -0.2) is 4.57 Å². The molecule has 0 saturated carbocycles. The standard InChI is InChI=1S/C50H66O.H3O4P/c1-41-37-39-49(47(43(41)3)35-27-17-13-9-5-7-11-15-21-29-45-31-23-19-24-32-45)51-50-40-38-42(2)44(4)48(50)36-28-18-14-10-6-8-12-16-22-30-46-33-25-20-26-34-46;1-5(2,3)4/h19-26,29-34,37-40H,5-18,27-28,35-36H2,1-4H3;(H3,1,2,3,4). The van der Waals surface area contributed by atoms with Crippen molar-refractivity contribution in [1.82, 2.24) is 0 Å². The molecule has 56 heavy (non-hydrogen) atoms. The number of hydrogen-bond donors (Lipinski definition) is 3. The molecule has 0 spiro atoms. The fourth-order valence-electron chi connectivity index (χ4n) is 7.09. The van der Waals surface area contributed by atoms with Crippen molar-refractivity contribution in [2.24, 2.45) is 0 Å². The average Bonchev–Trinajstić information content (AvgIpc) is 3.17. The Morgan fingerprint density at radius 1 is 0.464 bits per heavy atom. The number of allylic oxidation sites excluding steroid dienone is 2. The van der Waals surface area contributed by atoms with Crippen molar-refractivity contribution in [1.29, 1.82) is 0 Å². The van der Waals surface area contributed by atoms with Crippen LogP contribution in [-0.4, -0.2) is 14.7 Å². The van der Waals surface area contributed by atoms with Gasteiger partial charge in [0.2, 0.25) is 0 Å². The van der Waals surface area contributed by atoms with E-state index in [0.717, 1.165) is 24.3 Å². The number of phosphoric acid groups is 1. The third-order valence-corrected chi connectivity index (χ3v) is 10.7. The third kappa shape index (κ3) is 19.9. The highest BCUT2D eigenvalue weighted by molar-refractivity contribution is 7.45. The molecule has 0 aliphatic heterocycles. The van der Waals surface area contributed by atoms with Crippen LogP contribution in [0.15, 0.2) is 97.1 Å². The molecule has 4 aromatic rings. The molecule has 0 saturated heterocycles. The van der Waals surface area contributed by atoms with Crippen molar-refractivity contribution in [3.63, 3.8) is 0 Å². The molecule has 0 aliphatic rings. The van der Waals surface area contributed by atoms with Crippen LogP contribution in [0.25, 0.3) is 12.2 Å². The Kier molecular flexibility index (Phi) is 22.5. The largest absolute Gasteiger partial charge is 0.466 e. The lowest BCUT2D eigenvalue weighted by atomic mass is 9.95. The van der Waals surface area contributed by atoms with Gasteiger partial charge in [-0.2, -0.15) is 0 Å². The molecule has 0 atom stereocenters. The Morgan fingerprint density at radius 3 is 1.14 bits per heavy atom. The highest BCUT2D eigenvalue weighted by Crippen LogP contribution is 2.35. The van der Waals surface area contributed by atoms with Gasteiger partial charge in [-0.15, -0.1) is 0 Å². The molecule has 0 amide bonds. The van der Waals surface area contributed by atoms with Gasteiger partial charge in [0, 0.05) is 0 Å². The number of benzene rings is 4. The van der Waals surface area contributed by atoms with Crippen molar-refractivity contribution in [3.05, 3.63) is 142 Å². The third-order valence-electron chi connectivity index (χ3n) is 10.7. The predicted octanol–water partition coefficient (Wildman–Crippen LogP) is 14.5. The summed E-state index contributed by atoms with van der Waals surface area (Å²) in [5, 5.41) is 0. The molecule has 0 radical (unpaired) electrons. The molecule has 0 heterocycles. The van der Waals surface area contributed by atoms with Crippen molar-refractivity contribution in [3.8, 4) is 11.5 Å². The van der Waals surface area contributed by atoms with Gasteiger partial charge in [-0.05, 0) is 136 Å². The van der Waals surface area contributed by atoms with E-state index in [1.54, 1.807) is 0 Å². The molecule has 0 aliphatic carbocycles. The minimum Gasteiger partial charge on any atom is -0.457 e. The van der Waals surface area contributed by atoms with Gasteiger partial charge >= 0.3 is 7.82 Å². The molecular formula is C50H69O5P. The Morgan fingerprint density at radius 2 is 0.786 bits per heavy atom. The number of ether oxygens (including phenoxy) is 1. The van der Waals surface area contributed by atoms with Gasteiger partial charge in [0.15, 0.2) is 0 Å². The van der Waals surface area contributed by atoms with Crippen LogP contribution in [0.3, 0.4) is 0 Å². The fourth-order valence-corrected chi connectivity index (χ4v) is 7.09. The zero-order valence-electron chi connectivity index (χ0n) is 34.7. The summed E-state index contributed by atoms with van der Waals surface area (Å²) in [5.74, 6) is 2.12. The second-order valence-corrected chi connectivity index (χ2v) is 16.3. The van der Waals surface area contributed by atoms with E-state index in [1.165, 1.54) is 147 Å². The Balaban J connectivity index is 0.00000158. The second kappa shape index (κ2) is 27.0. The van der Waals surface area contributed by atoms with E-state index in [4.69, 9.17) is 24.0 Å². The van der Waals surface area contributed by atoms with E-state index in [0.29, 0.717) is 0 Å². The molecule has 3 N–H and O–H groups in total. The van der Waals surface area contributed by atoms with Crippen LogP contribution >= 0.6 is 7.82 Å². The maximum absolute atomic E-state index is 8.88. The lowest BCUT2D eigenvalue weighted by molar-refractivity contribution is 0.275. The van der Waals surface area contributed by atoms with Gasteiger partial charge in [-0.3, -0.25) is 0 Å². The van der Waals surface area contributed by atoms with E-state index >= 15 is 0 Å². The first kappa shape index (κ1) is 46.7. The summed E-state index contributed by atoms with van der Waals surface area (Å²) in [5.41, 5.74) is 10.9. The zero-order valence-corrected chi connectivity index (χ0v) is 35.6. The first-order chi connectivity index (χ1) is 27.0. The Labute approximate surface area is 339 Å². The fraction of sp³-hybridized carbons (Fsp3) is 0.440. The van der Waals surface area contributed by atoms with Crippen molar-refractivity contribution in [2.45, 2.75) is 143 Å². The second-order valence-electron chi connectivity index (χ2n) is 15.2. The summed E-state index contributed by atoms with van der Waals surface area (Å²) in [6.07, 6.45) is 32.1. The first-order valence-electron chi connectivity index (χ1n) is 21.1. The van der Waals surface area contributed by atoms with Gasteiger partial charge in [0.05, 0.1) is 0 Å². The number of rotatable bonds is 24. The molecule has 4 aromatic carbocycles. The van der Waals surface area contributed by atoms with Gasteiger partial charge < -0.3 is 19.4 Å². The summed E-state index contributed by atoms with van der Waals surface area (Å²) in [4.78, 5) is 21.6. The molecule has 0 fully saturated rings. The van der Waals surface area contributed by atoms with E-state index < -0.39 is 7.82 Å². The van der Waals surface area contributed by atoms with Crippen LogP contribution in [0, 0.1) is 27.7 Å². The minimum absolute atomic E-state index is 1.06. The highest BCUT2D eigenvalue weighted by atomic mass is 31.2. The monoisotopic (exact) mass is 780 g/mol. The van der Waals surface area contributed by atoms with E-state index in [1.807, 2.05) is 0 Å². The van der Waals surface area contributed by atoms with Gasteiger partial charge in [0.25, 0.3) is 0 Å².